The number of rotatable bonds is 4. The van der Waals surface area contributed by atoms with Crippen LogP contribution >= 0.6 is 11.6 Å². The Bertz CT molecular complexity index is 879. The van der Waals surface area contributed by atoms with Gasteiger partial charge in [-0.05, 0) is 49.2 Å². The van der Waals surface area contributed by atoms with Crippen LogP contribution in [0.5, 0.6) is 0 Å². The van der Waals surface area contributed by atoms with Crippen molar-refractivity contribution < 1.29 is 0 Å². The van der Waals surface area contributed by atoms with Gasteiger partial charge in [-0.25, -0.2) is 9.97 Å². The van der Waals surface area contributed by atoms with Crippen molar-refractivity contribution in [3.8, 4) is 0 Å². The van der Waals surface area contributed by atoms with E-state index in [1.807, 2.05) is 32.0 Å². The van der Waals surface area contributed by atoms with Crippen LogP contribution in [0.1, 0.15) is 11.1 Å². The zero-order valence-electron chi connectivity index (χ0n) is 13.5. The Morgan fingerprint density at radius 2 is 1.71 bits per heavy atom. The number of hydrogen-bond donors (Lipinski definition) is 3. The highest BCUT2D eigenvalue weighted by Gasteiger charge is 2.10. The van der Waals surface area contributed by atoms with Gasteiger partial charge in [-0.15, -0.1) is 0 Å². The topological polar surface area (TPSA) is 75.9 Å². The zero-order chi connectivity index (χ0) is 17.1. The number of aryl methyl sites for hydroxylation is 2. The fourth-order valence-corrected chi connectivity index (χ4v) is 2.49. The van der Waals surface area contributed by atoms with E-state index in [4.69, 9.17) is 17.3 Å². The van der Waals surface area contributed by atoms with Crippen LogP contribution in [0.4, 0.5) is 28.7 Å². The van der Waals surface area contributed by atoms with E-state index in [2.05, 4.69) is 38.8 Å². The van der Waals surface area contributed by atoms with E-state index in [0.29, 0.717) is 22.3 Å². The lowest BCUT2D eigenvalue weighted by molar-refractivity contribution is 1.17. The van der Waals surface area contributed by atoms with Crippen LogP contribution in [0.25, 0.3) is 0 Å². The average molecular weight is 340 g/mol. The molecule has 0 spiro atoms. The summed E-state index contributed by atoms with van der Waals surface area (Å²) >= 11 is 6.01. The van der Waals surface area contributed by atoms with Crippen molar-refractivity contribution in [1.29, 1.82) is 0 Å². The summed E-state index contributed by atoms with van der Waals surface area (Å²) in [7, 11) is 0. The molecule has 6 heteroatoms. The average Bonchev–Trinajstić information content (AvgIpc) is 2.55. The minimum atomic E-state index is 0.443. The lowest BCUT2D eigenvalue weighted by atomic mass is 10.1. The molecule has 0 aliphatic carbocycles. The zero-order valence-corrected chi connectivity index (χ0v) is 14.2. The van der Waals surface area contributed by atoms with Gasteiger partial charge < -0.3 is 16.4 Å². The molecular formula is C18H18ClN5. The van der Waals surface area contributed by atoms with Crippen molar-refractivity contribution in [3.63, 3.8) is 0 Å². The maximum Gasteiger partial charge on any atom is 0.159 e. The van der Waals surface area contributed by atoms with Gasteiger partial charge in [0.2, 0.25) is 0 Å². The smallest absolute Gasteiger partial charge is 0.159 e. The van der Waals surface area contributed by atoms with E-state index < -0.39 is 0 Å². The molecular weight excluding hydrogens is 322 g/mol. The van der Waals surface area contributed by atoms with Crippen molar-refractivity contribution in [1.82, 2.24) is 9.97 Å². The first-order valence-electron chi connectivity index (χ1n) is 7.50. The van der Waals surface area contributed by atoms with E-state index in [1.165, 1.54) is 6.33 Å². The Morgan fingerprint density at radius 1 is 0.958 bits per heavy atom. The summed E-state index contributed by atoms with van der Waals surface area (Å²) in [6.07, 6.45) is 1.47. The molecule has 0 fully saturated rings. The number of nitrogens with two attached hydrogens (primary N) is 1. The second kappa shape index (κ2) is 6.76. The molecule has 0 radical (unpaired) electrons. The summed E-state index contributed by atoms with van der Waals surface area (Å²) in [5, 5.41) is 7.08. The molecule has 4 N–H and O–H groups in total. The molecule has 3 aromatic rings. The van der Waals surface area contributed by atoms with Crippen LogP contribution in [0.2, 0.25) is 5.02 Å². The first kappa shape index (κ1) is 16.1. The van der Waals surface area contributed by atoms with Gasteiger partial charge in [0.25, 0.3) is 0 Å². The highest BCUT2D eigenvalue weighted by atomic mass is 35.5. The Hall–Kier alpha value is -2.79. The van der Waals surface area contributed by atoms with Gasteiger partial charge >= 0.3 is 0 Å². The predicted molar refractivity (Wildman–Crippen MR) is 100 cm³/mol. The standard InChI is InChI=1S/C18H18ClN5/c1-11-6-7-12(2)15(8-11)24-18-16(20)17(21-10-22-18)23-14-5-3-4-13(19)9-14/h3-10H,20H2,1-2H3,(H2,21,22,23,24). The first-order chi connectivity index (χ1) is 11.5. The van der Waals surface area contributed by atoms with Crippen LogP contribution in [0, 0.1) is 13.8 Å². The molecule has 0 saturated heterocycles. The fourth-order valence-electron chi connectivity index (χ4n) is 2.30. The van der Waals surface area contributed by atoms with Gasteiger partial charge in [0.05, 0.1) is 0 Å². The minimum Gasteiger partial charge on any atom is -0.393 e. The number of benzene rings is 2. The molecule has 3 rings (SSSR count). The molecule has 5 nitrogen and oxygen atoms in total. The number of hydrogen-bond acceptors (Lipinski definition) is 5. The summed E-state index contributed by atoms with van der Waals surface area (Å²) < 4.78 is 0. The number of aromatic nitrogens is 2. The van der Waals surface area contributed by atoms with Gasteiger partial charge in [-0.1, -0.05) is 29.8 Å². The summed E-state index contributed by atoms with van der Waals surface area (Å²) in [4.78, 5) is 8.47. The number of nitrogen functional groups attached to an aromatic ring is 1. The lowest BCUT2D eigenvalue weighted by Gasteiger charge is -2.14. The third-order valence-corrected chi connectivity index (χ3v) is 3.85. The van der Waals surface area contributed by atoms with E-state index in [1.54, 1.807) is 6.07 Å². The molecule has 0 aliphatic heterocycles. The molecule has 0 aliphatic rings. The predicted octanol–water partition coefficient (Wildman–Crippen LogP) is 4.82. The monoisotopic (exact) mass is 339 g/mol. The minimum absolute atomic E-state index is 0.443. The summed E-state index contributed by atoms with van der Waals surface area (Å²) in [5.41, 5.74) is 10.7. The number of anilines is 5. The third kappa shape index (κ3) is 3.58. The van der Waals surface area contributed by atoms with Crippen molar-refractivity contribution in [2.45, 2.75) is 13.8 Å². The van der Waals surface area contributed by atoms with E-state index in [-0.39, 0.29) is 0 Å². The van der Waals surface area contributed by atoms with E-state index >= 15 is 0 Å². The summed E-state index contributed by atoms with van der Waals surface area (Å²) in [5.74, 6) is 1.09. The van der Waals surface area contributed by atoms with E-state index in [9.17, 15) is 0 Å². The molecule has 0 atom stereocenters. The summed E-state index contributed by atoms with van der Waals surface area (Å²) in [6, 6.07) is 13.5. The molecule has 1 heterocycles. The number of nitrogens with zero attached hydrogens (tertiary/aromatic N) is 2. The molecule has 122 valence electrons. The van der Waals surface area contributed by atoms with Crippen LogP contribution in [0.3, 0.4) is 0 Å². The summed E-state index contributed by atoms with van der Waals surface area (Å²) in [6.45, 7) is 4.07. The van der Waals surface area contributed by atoms with Crippen molar-refractivity contribution in [2.75, 3.05) is 16.4 Å². The molecule has 1 aromatic heterocycles. The maximum atomic E-state index is 6.22. The van der Waals surface area contributed by atoms with E-state index in [0.717, 1.165) is 22.5 Å². The highest BCUT2D eigenvalue weighted by Crippen LogP contribution is 2.30. The molecule has 24 heavy (non-hydrogen) atoms. The first-order valence-corrected chi connectivity index (χ1v) is 7.88. The van der Waals surface area contributed by atoms with Gasteiger partial charge in [0.15, 0.2) is 11.6 Å². The Balaban J connectivity index is 1.89. The molecule has 0 amide bonds. The third-order valence-electron chi connectivity index (χ3n) is 3.62. The van der Waals surface area contributed by atoms with Gasteiger partial charge in [-0.2, -0.15) is 0 Å². The van der Waals surface area contributed by atoms with Crippen molar-refractivity contribution in [3.05, 3.63) is 64.9 Å². The van der Waals surface area contributed by atoms with Crippen LogP contribution < -0.4 is 16.4 Å². The van der Waals surface area contributed by atoms with Crippen molar-refractivity contribution >= 4 is 40.3 Å². The Labute approximate surface area is 145 Å². The quantitative estimate of drug-likeness (QED) is 0.635. The Kier molecular flexibility index (Phi) is 4.53. The molecule has 0 saturated carbocycles. The van der Waals surface area contributed by atoms with Crippen LogP contribution in [-0.2, 0) is 0 Å². The molecule has 0 bridgehead atoms. The van der Waals surface area contributed by atoms with Gasteiger partial charge in [0, 0.05) is 16.4 Å². The number of halogens is 1. The normalized spacial score (nSPS) is 10.5. The van der Waals surface area contributed by atoms with Gasteiger partial charge in [0.1, 0.15) is 12.0 Å². The fraction of sp³-hybridized carbons (Fsp3) is 0.111. The second-order valence-electron chi connectivity index (χ2n) is 5.56. The van der Waals surface area contributed by atoms with Crippen LogP contribution in [0.15, 0.2) is 48.8 Å². The SMILES string of the molecule is Cc1ccc(C)c(Nc2ncnc(Nc3cccc(Cl)c3)c2N)c1. The van der Waals surface area contributed by atoms with Crippen molar-refractivity contribution in [2.24, 2.45) is 0 Å². The molecule has 0 unspecified atom stereocenters. The van der Waals surface area contributed by atoms with Crippen LogP contribution in [-0.4, -0.2) is 9.97 Å². The second-order valence-corrected chi connectivity index (χ2v) is 6.00. The molecule has 2 aromatic carbocycles. The lowest BCUT2D eigenvalue weighted by Crippen LogP contribution is -2.05. The largest absolute Gasteiger partial charge is 0.393 e. The van der Waals surface area contributed by atoms with Gasteiger partial charge in [-0.3, -0.25) is 0 Å². The highest BCUT2D eigenvalue weighted by molar-refractivity contribution is 6.30. The maximum absolute atomic E-state index is 6.22. The number of nitrogens with one attached hydrogen (secondary N) is 2. The Morgan fingerprint density at radius 3 is 2.46 bits per heavy atom.